The van der Waals surface area contributed by atoms with Crippen molar-refractivity contribution in [3.05, 3.63) is 58.8 Å². The van der Waals surface area contributed by atoms with Crippen molar-refractivity contribution in [1.29, 1.82) is 0 Å². The van der Waals surface area contributed by atoms with E-state index in [1.807, 2.05) is 58.1 Å². The molecule has 0 spiro atoms. The number of benzene rings is 1. The number of hydrogen-bond acceptors (Lipinski definition) is 4. The molecule has 4 rings (SSSR count). The number of likely N-dealkylation sites (tertiary alicyclic amines) is 1. The molecule has 1 atom stereocenters. The second-order valence-electron chi connectivity index (χ2n) is 6.02. The number of amides is 1. The van der Waals surface area contributed by atoms with Gasteiger partial charge in [-0.2, -0.15) is 11.3 Å². The molecular formula is C19H18N2O2S. The summed E-state index contributed by atoms with van der Waals surface area (Å²) in [7, 11) is 0. The van der Waals surface area contributed by atoms with Crippen LogP contribution < -0.4 is 4.74 Å². The Hall–Kier alpha value is -2.40. The van der Waals surface area contributed by atoms with Crippen molar-refractivity contribution < 1.29 is 9.53 Å². The van der Waals surface area contributed by atoms with Crippen LogP contribution in [0.4, 0.5) is 0 Å². The lowest BCUT2D eigenvalue weighted by atomic mass is 10.2. The van der Waals surface area contributed by atoms with E-state index in [0.717, 1.165) is 29.4 Å². The molecule has 0 aliphatic carbocycles. The number of pyridine rings is 1. The van der Waals surface area contributed by atoms with E-state index in [2.05, 4.69) is 4.98 Å². The van der Waals surface area contributed by atoms with E-state index < -0.39 is 0 Å². The van der Waals surface area contributed by atoms with E-state index in [-0.39, 0.29) is 12.0 Å². The molecule has 3 heterocycles. The Morgan fingerprint density at radius 3 is 3.04 bits per heavy atom. The quantitative estimate of drug-likeness (QED) is 0.731. The van der Waals surface area contributed by atoms with Gasteiger partial charge in [-0.05, 0) is 34.5 Å². The van der Waals surface area contributed by atoms with Crippen LogP contribution in [0.5, 0.6) is 5.88 Å². The van der Waals surface area contributed by atoms with Gasteiger partial charge in [0.2, 0.25) is 11.8 Å². The van der Waals surface area contributed by atoms with E-state index in [1.165, 1.54) is 0 Å². The molecule has 1 fully saturated rings. The van der Waals surface area contributed by atoms with E-state index in [1.54, 1.807) is 11.3 Å². The number of hydrogen-bond donors (Lipinski definition) is 0. The first-order valence-corrected chi connectivity index (χ1v) is 9.03. The highest BCUT2D eigenvalue weighted by atomic mass is 32.1. The van der Waals surface area contributed by atoms with Crippen LogP contribution in [-0.4, -0.2) is 35.0 Å². The van der Waals surface area contributed by atoms with Gasteiger partial charge < -0.3 is 9.64 Å². The molecule has 0 bridgehead atoms. The number of aromatic nitrogens is 1. The van der Waals surface area contributed by atoms with Crippen LogP contribution in [0.15, 0.2) is 53.2 Å². The van der Waals surface area contributed by atoms with Crippen molar-refractivity contribution in [3.8, 4) is 5.88 Å². The summed E-state index contributed by atoms with van der Waals surface area (Å²) in [5.74, 6) is 0.803. The summed E-state index contributed by atoms with van der Waals surface area (Å²) in [6.07, 6.45) is 1.35. The SMILES string of the molecule is O=C(Cc1ccsc1)N1CCC(Oc2ccc3ccccc3n2)C1. The van der Waals surface area contributed by atoms with Gasteiger partial charge in [0.15, 0.2) is 0 Å². The van der Waals surface area contributed by atoms with Gasteiger partial charge >= 0.3 is 0 Å². The lowest BCUT2D eigenvalue weighted by Crippen LogP contribution is -2.32. The number of carbonyl (C=O) groups is 1. The van der Waals surface area contributed by atoms with E-state index in [4.69, 9.17) is 4.74 Å². The Morgan fingerprint density at radius 1 is 1.25 bits per heavy atom. The molecule has 3 aromatic rings. The predicted octanol–water partition coefficient (Wildman–Crippen LogP) is 3.52. The second-order valence-corrected chi connectivity index (χ2v) is 6.80. The minimum Gasteiger partial charge on any atom is -0.472 e. The zero-order chi connectivity index (χ0) is 16.4. The average Bonchev–Trinajstić information content (AvgIpc) is 3.27. The van der Waals surface area contributed by atoms with Crippen LogP contribution in [0.1, 0.15) is 12.0 Å². The smallest absolute Gasteiger partial charge is 0.227 e. The minimum absolute atomic E-state index is 0.0186. The molecule has 1 saturated heterocycles. The van der Waals surface area contributed by atoms with Crippen molar-refractivity contribution in [2.45, 2.75) is 18.9 Å². The van der Waals surface area contributed by atoms with Crippen molar-refractivity contribution in [2.75, 3.05) is 13.1 Å². The monoisotopic (exact) mass is 338 g/mol. The molecule has 4 nitrogen and oxygen atoms in total. The highest BCUT2D eigenvalue weighted by Gasteiger charge is 2.27. The van der Waals surface area contributed by atoms with E-state index in [0.29, 0.717) is 18.8 Å². The molecule has 24 heavy (non-hydrogen) atoms. The third kappa shape index (κ3) is 3.26. The van der Waals surface area contributed by atoms with Gasteiger partial charge in [-0.15, -0.1) is 0 Å². The van der Waals surface area contributed by atoms with Crippen molar-refractivity contribution >= 4 is 28.1 Å². The fraction of sp³-hybridized carbons (Fsp3) is 0.263. The first-order valence-electron chi connectivity index (χ1n) is 8.09. The summed E-state index contributed by atoms with van der Waals surface area (Å²) in [5, 5.41) is 5.13. The van der Waals surface area contributed by atoms with Gasteiger partial charge in [0, 0.05) is 24.4 Å². The molecule has 122 valence electrons. The maximum Gasteiger partial charge on any atom is 0.227 e. The molecule has 1 aliphatic heterocycles. The number of rotatable bonds is 4. The fourth-order valence-corrected chi connectivity index (χ4v) is 3.68. The average molecular weight is 338 g/mol. The molecule has 0 N–H and O–H groups in total. The van der Waals surface area contributed by atoms with Crippen molar-refractivity contribution in [1.82, 2.24) is 9.88 Å². The summed E-state index contributed by atoms with van der Waals surface area (Å²) in [4.78, 5) is 18.8. The van der Waals surface area contributed by atoms with E-state index >= 15 is 0 Å². The Kier molecular flexibility index (Phi) is 4.17. The molecule has 1 aromatic carbocycles. The maximum absolute atomic E-state index is 12.3. The number of ether oxygens (including phenoxy) is 1. The van der Waals surface area contributed by atoms with Crippen LogP contribution in [0.25, 0.3) is 10.9 Å². The Bertz CT molecular complexity index is 847. The number of carbonyl (C=O) groups excluding carboxylic acids is 1. The topological polar surface area (TPSA) is 42.4 Å². The summed E-state index contributed by atoms with van der Waals surface area (Å²) in [6.45, 7) is 1.39. The first kappa shape index (κ1) is 15.1. The first-order chi connectivity index (χ1) is 11.8. The van der Waals surface area contributed by atoms with Gasteiger partial charge in [-0.3, -0.25) is 4.79 Å². The van der Waals surface area contributed by atoms with Crippen molar-refractivity contribution in [3.63, 3.8) is 0 Å². The lowest BCUT2D eigenvalue weighted by molar-refractivity contribution is -0.129. The highest BCUT2D eigenvalue weighted by Crippen LogP contribution is 2.21. The third-order valence-electron chi connectivity index (χ3n) is 4.29. The standard InChI is InChI=1S/C19H18N2O2S/c22-19(11-14-8-10-24-13-14)21-9-7-16(12-21)23-18-6-5-15-3-1-2-4-17(15)20-18/h1-6,8,10,13,16H,7,9,11-12H2. The normalized spacial score (nSPS) is 17.3. The number of para-hydroxylation sites is 1. The molecule has 1 amide bonds. The molecule has 1 aliphatic rings. The maximum atomic E-state index is 12.3. The van der Waals surface area contributed by atoms with Gasteiger partial charge in [0.05, 0.1) is 18.5 Å². The van der Waals surface area contributed by atoms with Crippen LogP contribution >= 0.6 is 11.3 Å². The fourth-order valence-electron chi connectivity index (χ4n) is 3.01. The Balaban J connectivity index is 1.38. The van der Waals surface area contributed by atoms with Crippen LogP contribution in [-0.2, 0) is 11.2 Å². The number of fused-ring (bicyclic) bond motifs is 1. The van der Waals surface area contributed by atoms with Gasteiger partial charge in [0.25, 0.3) is 0 Å². The highest BCUT2D eigenvalue weighted by molar-refractivity contribution is 7.08. The van der Waals surface area contributed by atoms with Crippen LogP contribution in [0.3, 0.4) is 0 Å². The van der Waals surface area contributed by atoms with Gasteiger partial charge in [-0.1, -0.05) is 18.2 Å². The second kappa shape index (κ2) is 6.61. The summed E-state index contributed by atoms with van der Waals surface area (Å²) < 4.78 is 6.00. The van der Waals surface area contributed by atoms with Crippen LogP contribution in [0.2, 0.25) is 0 Å². The molecular weight excluding hydrogens is 320 g/mol. The zero-order valence-corrected chi connectivity index (χ0v) is 14.0. The molecule has 0 saturated carbocycles. The zero-order valence-electron chi connectivity index (χ0n) is 13.2. The molecule has 2 aromatic heterocycles. The Labute approximate surface area is 144 Å². The summed E-state index contributed by atoms with van der Waals surface area (Å²) in [6, 6.07) is 13.9. The Morgan fingerprint density at radius 2 is 2.17 bits per heavy atom. The summed E-state index contributed by atoms with van der Waals surface area (Å²) >= 11 is 1.62. The summed E-state index contributed by atoms with van der Waals surface area (Å²) in [5.41, 5.74) is 2.02. The van der Waals surface area contributed by atoms with E-state index in [9.17, 15) is 4.79 Å². The van der Waals surface area contributed by atoms with Gasteiger partial charge in [-0.25, -0.2) is 4.98 Å². The predicted molar refractivity (Wildman–Crippen MR) is 95.4 cm³/mol. The third-order valence-corrected chi connectivity index (χ3v) is 5.03. The largest absolute Gasteiger partial charge is 0.472 e. The molecule has 0 radical (unpaired) electrons. The van der Waals surface area contributed by atoms with Crippen LogP contribution in [0, 0.1) is 0 Å². The number of nitrogens with zero attached hydrogens (tertiary/aromatic N) is 2. The lowest BCUT2D eigenvalue weighted by Gasteiger charge is -2.17. The molecule has 5 heteroatoms. The minimum atomic E-state index is 0.0186. The van der Waals surface area contributed by atoms with Crippen molar-refractivity contribution in [2.24, 2.45) is 0 Å². The molecule has 1 unspecified atom stereocenters. The van der Waals surface area contributed by atoms with Gasteiger partial charge in [0.1, 0.15) is 6.10 Å². The number of thiophene rings is 1.